The summed E-state index contributed by atoms with van der Waals surface area (Å²) in [6.45, 7) is 4.88. The highest BCUT2D eigenvalue weighted by atomic mass is 16.3. The molecule has 0 amide bonds. The van der Waals surface area contributed by atoms with Gasteiger partial charge in [0.25, 0.3) is 0 Å². The van der Waals surface area contributed by atoms with Crippen molar-refractivity contribution in [1.29, 1.82) is 5.26 Å². The van der Waals surface area contributed by atoms with Crippen LogP contribution >= 0.6 is 0 Å². The maximum absolute atomic E-state index is 10.1. The first-order chi connectivity index (χ1) is 10.5. The van der Waals surface area contributed by atoms with Crippen molar-refractivity contribution < 1.29 is 5.11 Å². The summed E-state index contributed by atoms with van der Waals surface area (Å²) in [5.41, 5.74) is 1.67. The topological polar surface area (TPSA) is 44.0 Å². The molecule has 22 heavy (non-hydrogen) atoms. The van der Waals surface area contributed by atoms with E-state index in [1.165, 1.54) is 32.1 Å². The Morgan fingerprint density at radius 1 is 1.14 bits per heavy atom. The molecule has 2 heteroatoms. The van der Waals surface area contributed by atoms with Crippen molar-refractivity contribution in [2.75, 3.05) is 0 Å². The van der Waals surface area contributed by atoms with Crippen molar-refractivity contribution in [3.8, 4) is 6.07 Å². The molecule has 0 heterocycles. The summed E-state index contributed by atoms with van der Waals surface area (Å²) in [6.07, 6.45) is 11.7. The number of nitrogens with zero attached hydrogens (tertiary/aromatic N) is 1. The molecule has 4 aliphatic rings. The van der Waals surface area contributed by atoms with Crippen LogP contribution in [0.15, 0.2) is 11.6 Å². The van der Waals surface area contributed by atoms with Gasteiger partial charge in [0.15, 0.2) is 0 Å². The van der Waals surface area contributed by atoms with Crippen LogP contribution < -0.4 is 0 Å². The van der Waals surface area contributed by atoms with Crippen molar-refractivity contribution in [2.45, 2.75) is 71.3 Å². The molecule has 3 fully saturated rings. The summed E-state index contributed by atoms with van der Waals surface area (Å²) >= 11 is 0. The molecular weight excluding hydrogens is 270 g/mol. The number of rotatable bonds is 0. The molecule has 0 radical (unpaired) electrons. The predicted octanol–water partition coefficient (Wildman–Crippen LogP) is 4.45. The minimum Gasteiger partial charge on any atom is -0.393 e. The molecule has 0 bridgehead atoms. The lowest BCUT2D eigenvalue weighted by Gasteiger charge is -2.60. The highest BCUT2D eigenvalue weighted by Gasteiger charge is 2.58. The highest BCUT2D eigenvalue weighted by molar-refractivity contribution is 5.35. The number of allylic oxidation sites excluding steroid dienone is 2. The first-order valence-corrected chi connectivity index (χ1v) is 9.28. The summed E-state index contributed by atoms with van der Waals surface area (Å²) in [4.78, 5) is 0. The van der Waals surface area contributed by atoms with E-state index in [9.17, 15) is 10.4 Å². The fourth-order valence-electron chi connectivity index (χ4n) is 6.98. The van der Waals surface area contributed by atoms with E-state index in [0.29, 0.717) is 11.3 Å². The number of fused-ring (bicyclic) bond motifs is 5. The largest absolute Gasteiger partial charge is 0.393 e. The van der Waals surface area contributed by atoms with E-state index in [-0.39, 0.29) is 11.5 Å². The molecule has 0 spiro atoms. The van der Waals surface area contributed by atoms with E-state index in [4.69, 9.17) is 0 Å². The van der Waals surface area contributed by atoms with Gasteiger partial charge in [0, 0.05) is 11.0 Å². The van der Waals surface area contributed by atoms with Crippen LogP contribution in [0.25, 0.3) is 0 Å². The molecule has 3 saturated carbocycles. The third-order valence-electron chi connectivity index (χ3n) is 8.34. The van der Waals surface area contributed by atoms with Crippen LogP contribution in [0.5, 0.6) is 0 Å². The zero-order valence-electron chi connectivity index (χ0n) is 14.0. The second-order valence-corrected chi connectivity index (χ2v) is 9.01. The first kappa shape index (κ1) is 14.8. The zero-order chi connectivity index (χ0) is 15.5. The Kier molecular flexibility index (Phi) is 3.25. The maximum Gasteiger partial charge on any atom is 0.0949 e. The molecule has 0 aromatic rings. The van der Waals surface area contributed by atoms with Gasteiger partial charge in [-0.05, 0) is 80.5 Å². The standard InChI is InChI=1S/C20H29NO/c1-19-9-7-15(22)11-13(19)3-5-16-17-6-4-14(12-21)20(17,2)10-8-18(16)19/h4,13,15-18,22H,3,5-11H2,1-2H3/t13-,15+,16-,17-,18-,19-,20+/m0/s1. The zero-order valence-corrected chi connectivity index (χ0v) is 14.0. The minimum absolute atomic E-state index is 0.0539. The van der Waals surface area contributed by atoms with E-state index in [0.717, 1.165) is 42.6 Å². The molecule has 0 aromatic heterocycles. The van der Waals surface area contributed by atoms with Crippen molar-refractivity contribution >= 4 is 0 Å². The van der Waals surface area contributed by atoms with Crippen molar-refractivity contribution in [3.05, 3.63) is 11.6 Å². The fraction of sp³-hybridized carbons (Fsp3) is 0.850. The molecule has 120 valence electrons. The first-order valence-electron chi connectivity index (χ1n) is 9.28. The van der Waals surface area contributed by atoms with Gasteiger partial charge in [-0.25, -0.2) is 0 Å². The number of aliphatic hydroxyl groups is 1. The van der Waals surface area contributed by atoms with Crippen LogP contribution in [-0.4, -0.2) is 11.2 Å². The summed E-state index contributed by atoms with van der Waals surface area (Å²) < 4.78 is 0. The van der Waals surface area contributed by atoms with Gasteiger partial charge in [-0.2, -0.15) is 5.26 Å². The van der Waals surface area contributed by atoms with Gasteiger partial charge < -0.3 is 5.11 Å². The molecule has 0 saturated heterocycles. The van der Waals surface area contributed by atoms with Crippen molar-refractivity contribution in [2.24, 2.45) is 34.5 Å². The van der Waals surface area contributed by atoms with Crippen LogP contribution in [0.3, 0.4) is 0 Å². The SMILES string of the molecule is C[C@]12CC[C@@H](O)C[C@@H]1CC[C@@H]1[C@@H]2CC[C@]2(C)C(C#N)=CC[C@@H]12. The number of aliphatic hydroxyl groups excluding tert-OH is 1. The molecule has 0 unspecified atom stereocenters. The fourth-order valence-corrected chi connectivity index (χ4v) is 6.98. The molecule has 0 aromatic carbocycles. The predicted molar refractivity (Wildman–Crippen MR) is 86.8 cm³/mol. The second-order valence-electron chi connectivity index (χ2n) is 9.01. The lowest BCUT2D eigenvalue weighted by molar-refractivity contribution is -0.117. The molecule has 4 rings (SSSR count). The Bertz CT molecular complexity index is 546. The van der Waals surface area contributed by atoms with Crippen LogP contribution in [0, 0.1) is 45.8 Å². The quantitative estimate of drug-likeness (QED) is 0.718. The van der Waals surface area contributed by atoms with Crippen LogP contribution in [0.1, 0.15) is 65.2 Å². The van der Waals surface area contributed by atoms with Gasteiger partial charge >= 0.3 is 0 Å². The highest BCUT2D eigenvalue weighted by Crippen LogP contribution is 2.66. The molecule has 0 aliphatic heterocycles. The normalized spacial score (nSPS) is 53.7. The van der Waals surface area contributed by atoms with E-state index in [2.05, 4.69) is 26.0 Å². The van der Waals surface area contributed by atoms with E-state index >= 15 is 0 Å². The minimum atomic E-state index is -0.0539. The Morgan fingerprint density at radius 3 is 2.73 bits per heavy atom. The summed E-state index contributed by atoms with van der Waals surface area (Å²) in [6, 6.07) is 2.50. The number of nitriles is 1. The van der Waals surface area contributed by atoms with Gasteiger partial charge in [-0.1, -0.05) is 19.9 Å². The summed E-state index contributed by atoms with van der Waals surface area (Å²) in [7, 11) is 0. The van der Waals surface area contributed by atoms with E-state index in [1.807, 2.05) is 0 Å². The monoisotopic (exact) mass is 299 g/mol. The lowest BCUT2D eigenvalue weighted by Crippen LogP contribution is -2.53. The van der Waals surface area contributed by atoms with Gasteiger partial charge in [0.1, 0.15) is 0 Å². The van der Waals surface area contributed by atoms with Gasteiger partial charge in [-0.15, -0.1) is 0 Å². The van der Waals surface area contributed by atoms with E-state index < -0.39 is 0 Å². The smallest absolute Gasteiger partial charge is 0.0949 e. The average Bonchev–Trinajstić information content (AvgIpc) is 2.84. The molecule has 2 nitrogen and oxygen atoms in total. The van der Waals surface area contributed by atoms with Crippen LogP contribution in [0.2, 0.25) is 0 Å². The average molecular weight is 299 g/mol. The number of hydrogen-bond donors (Lipinski definition) is 1. The maximum atomic E-state index is 10.1. The molecule has 4 aliphatic carbocycles. The molecule has 1 N–H and O–H groups in total. The Balaban J connectivity index is 1.63. The third kappa shape index (κ3) is 1.81. The summed E-state index contributed by atoms with van der Waals surface area (Å²) in [5.74, 6) is 3.05. The van der Waals surface area contributed by atoms with Gasteiger partial charge in [0.2, 0.25) is 0 Å². The lowest BCUT2D eigenvalue weighted by atomic mass is 9.45. The van der Waals surface area contributed by atoms with E-state index in [1.54, 1.807) is 0 Å². The molecule has 7 atom stereocenters. The van der Waals surface area contributed by atoms with Crippen LogP contribution in [0.4, 0.5) is 0 Å². The Morgan fingerprint density at radius 2 is 1.95 bits per heavy atom. The second kappa shape index (κ2) is 4.84. The van der Waals surface area contributed by atoms with Crippen molar-refractivity contribution in [3.63, 3.8) is 0 Å². The third-order valence-corrected chi connectivity index (χ3v) is 8.34. The van der Waals surface area contributed by atoms with Crippen LogP contribution in [-0.2, 0) is 0 Å². The Labute approximate surface area is 134 Å². The van der Waals surface area contributed by atoms with Gasteiger partial charge in [-0.3, -0.25) is 0 Å². The molecular formula is C20H29NO. The summed E-state index contributed by atoms with van der Waals surface area (Å²) in [5, 5.41) is 19.6. The number of hydrogen-bond acceptors (Lipinski definition) is 2. The Hall–Kier alpha value is -0.810. The van der Waals surface area contributed by atoms with Gasteiger partial charge in [0.05, 0.1) is 12.2 Å². The van der Waals surface area contributed by atoms with Crippen molar-refractivity contribution in [1.82, 2.24) is 0 Å².